The van der Waals surface area contributed by atoms with Gasteiger partial charge < -0.3 is 4.90 Å². The standard InChI is InChI=1S/C15H22N2O4S/c1-11-4-6-12(7-5-11)16(2)14-9-8-13(22(3,20)21)10-15(14)17(18)19/h8-12H,4-7H2,1-3H3. The van der Waals surface area contributed by atoms with Gasteiger partial charge in [-0.3, -0.25) is 10.1 Å². The number of benzene rings is 1. The molecule has 1 fully saturated rings. The summed E-state index contributed by atoms with van der Waals surface area (Å²) in [5.74, 6) is 0.701. The third-order valence-electron chi connectivity index (χ3n) is 4.48. The number of nitro benzene ring substituents is 1. The highest BCUT2D eigenvalue weighted by Gasteiger charge is 2.27. The molecule has 0 N–H and O–H groups in total. The van der Waals surface area contributed by atoms with Crippen LogP contribution in [0.5, 0.6) is 0 Å². The summed E-state index contributed by atoms with van der Waals surface area (Å²) in [6.07, 6.45) is 5.29. The van der Waals surface area contributed by atoms with Crippen LogP contribution in [0.1, 0.15) is 32.6 Å². The van der Waals surface area contributed by atoms with E-state index in [1.807, 2.05) is 11.9 Å². The van der Waals surface area contributed by atoms with Crippen LogP contribution in [0.3, 0.4) is 0 Å². The normalized spacial score (nSPS) is 22.3. The molecule has 7 heteroatoms. The lowest BCUT2D eigenvalue weighted by atomic mass is 9.86. The zero-order valence-corrected chi connectivity index (χ0v) is 14.0. The van der Waals surface area contributed by atoms with Gasteiger partial charge in [0.1, 0.15) is 5.69 Å². The van der Waals surface area contributed by atoms with Crippen molar-refractivity contribution in [2.45, 2.75) is 43.5 Å². The van der Waals surface area contributed by atoms with Crippen LogP contribution in [0.2, 0.25) is 0 Å². The molecule has 0 spiro atoms. The molecule has 6 nitrogen and oxygen atoms in total. The van der Waals surface area contributed by atoms with Crippen molar-refractivity contribution in [3.05, 3.63) is 28.3 Å². The SMILES string of the molecule is CC1CCC(N(C)c2ccc(S(C)(=O)=O)cc2[N+](=O)[O-])CC1. The van der Waals surface area contributed by atoms with Crippen molar-refractivity contribution >= 4 is 21.2 Å². The van der Waals surface area contributed by atoms with Crippen molar-refractivity contribution in [3.63, 3.8) is 0 Å². The quantitative estimate of drug-likeness (QED) is 0.627. The maximum Gasteiger partial charge on any atom is 0.293 e. The van der Waals surface area contributed by atoms with Crippen molar-refractivity contribution in [1.29, 1.82) is 0 Å². The van der Waals surface area contributed by atoms with Gasteiger partial charge in [0.2, 0.25) is 0 Å². The Morgan fingerprint density at radius 3 is 2.32 bits per heavy atom. The Bertz CT molecular complexity index is 664. The fraction of sp³-hybridized carbons (Fsp3) is 0.600. The first-order chi connectivity index (χ1) is 10.2. The second-order valence-electron chi connectivity index (χ2n) is 6.20. The molecule has 0 saturated heterocycles. The molecular weight excluding hydrogens is 304 g/mol. The van der Waals surface area contributed by atoms with E-state index >= 15 is 0 Å². The van der Waals surface area contributed by atoms with E-state index in [0.717, 1.165) is 38.0 Å². The van der Waals surface area contributed by atoms with E-state index < -0.39 is 14.8 Å². The van der Waals surface area contributed by atoms with Crippen molar-refractivity contribution in [1.82, 2.24) is 0 Å². The molecule has 122 valence electrons. The fourth-order valence-electron chi connectivity index (χ4n) is 3.00. The number of nitrogens with zero attached hydrogens (tertiary/aromatic N) is 2. The lowest BCUT2D eigenvalue weighted by Gasteiger charge is -2.34. The summed E-state index contributed by atoms with van der Waals surface area (Å²) < 4.78 is 23.2. The van der Waals surface area contributed by atoms with Gasteiger partial charge in [-0.05, 0) is 43.7 Å². The van der Waals surface area contributed by atoms with Gasteiger partial charge in [0, 0.05) is 25.4 Å². The van der Waals surface area contributed by atoms with E-state index in [1.54, 1.807) is 6.07 Å². The lowest BCUT2D eigenvalue weighted by molar-refractivity contribution is -0.384. The number of hydrogen-bond donors (Lipinski definition) is 0. The molecule has 0 unspecified atom stereocenters. The number of sulfone groups is 1. The van der Waals surface area contributed by atoms with E-state index in [9.17, 15) is 18.5 Å². The number of hydrogen-bond acceptors (Lipinski definition) is 5. The molecule has 2 rings (SSSR count). The van der Waals surface area contributed by atoms with E-state index in [0.29, 0.717) is 11.6 Å². The van der Waals surface area contributed by atoms with Crippen molar-refractivity contribution < 1.29 is 13.3 Å². The average molecular weight is 326 g/mol. The first kappa shape index (κ1) is 16.7. The van der Waals surface area contributed by atoms with Crippen LogP contribution in [0, 0.1) is 16.0 Å². The molecule has 0 radical (unpaired) electrons. The van der Waals surface area contributed by atoms with E-state index in [2.05, 4.69) is 6.92 Å². The summed E-state index contributed by atoms with van der Waals surface area (Å²) in [7, 11) is -1.61. The summed E-state index contributed by atoms with van der Waals surface area (Å²) in [4.78, 5) is 12.7. The summed E-state index contributed by atoms with van der Waals surface area (Å²) in [6.45, 7) is 2.22. The van der Waals surface area contributed by atoms with Crippen LogP contribution in [0.25, 0.3) is 0 Å². The van der Waals surface area contributed by atoms with Crippen LogP contribution in [-0.2, 0) is 9.84 Å². The Morgan fingerprint density at radius 2 is 1.82 bits per heavy atom. The minimum atomic E-state index is -3.46. The third kappa shape index (κ3) is 3.58. The van der Waals surface area contributed by atoms with Crippen molar-refractivity contribution in [2.75, 3.05) is 18.2 Å². The molecular formula is C15H22N2O4S. The van der Waals surface area contributed by atoms with Crippen molar-refractivity contribution in [2.24, 2.45) is 5.92 Å². The number of anilines is 1. The molecule has 0 bridgehead atoms. The van der Waals surface area contributed by atoms with E-state index in [4.69, 9.17) is 0 Å². The molecule has 1 aromatic rings. The number of rotatable bonds is 4. The van der Waals surface area contributed by atoms with E-state index in [-0.39, 0.29) is 16.6 Å². The highest BCUT2D eigenvalue weighted by molar-refractivity contribution is 7.90. The molecule has 1 aliphatic rings. The third-order valence-corrected chi connectivity index (χ3v) is 5.60. The summed E-state index contributed by atoms with van der Waals surface area (Å²) in [5.41, 5.74) is 0.334. The molecule has 1 aliphatic carbocycles. The van der Waals surface area contributed by atoms with Gasteiger partial charge in [-0.1, -0.05) is 6.92 Å². The topological polar surface area (TPSA) is 80.5 Å². The van der Waals surface area contributed by atoms with Gasteiger partial charge in [0.05, 0.1) is 9.82 Å². The van der Waals surface area contributed by atoms with Gasteiger partial charge in [-0.25, -0.2) is 8.42 Å². The first-order valence-corrected chi connectivity index (χ1v) is 9.30. The van der Waals surface area contributed by atoms with Crippen LogP contribution >= 0.6 is 0 Å². The minimum Gasteiger partial charge on any atom is -0.366 e. The Kier molecular flexibility index (Phi) is 4.75. The molecule has 1 aromatic carbocycles. The molecule has 0 amide bonds. The van der Waals surface area contributed by atoms with Crippen LogP contribution < -0.4 is 4.90 Å². The van der Waals surface area contributed by atoms with Gasteiger partial charge in [-0.2, -0.15) is 0 Å². The largest absolute Gasteiger partial charge is 0.366 e. The first-order valence-electron chi connectivity index (χ1n) is 7.41. The predicted molar refractivity (Wildman–Crippen MR) is 86.0 cm³/mol. The second-order valence-corrected chi connectivity index (χ2v) is 8.22. The van der Waals surface area contributed by atoms with E-state index in [1.165, 1.54) is 6.07 Å². The highest BCUT2D eigenvalue weighted by Crippen LogP contribution is 2.35. The van der Waals surface area contributed by atoms with Gasteiger partial charge in [0.25, 0.3) is 5.69 Å². The van der Waals surface area contributed by atoms with Gasteiger partial charge in [-0.15, -0.1) is 0 Å². The predicted octanol–water partition coefficient (Wildman–Crippen LogP) is 3.01. The Labute approximate surface area is 131 Å². The molecule has 1 saturated carbocycles. The second kappa shape index (κ2) is 6.24. The molecule has 0 aromatic heterocycles. The van der Waals surface area contributed by atoms with Gasteiger partial charge in [0.15, 0.2) is 9.84 Å². The molecule has 0 atom stereocenters. The fourth-order valence-corrected chi connectivity index (χ4v) is 3.65. The smallest absolute Gasteiger partial charge is 0.293 e. The molecule has 0 heterocycles. The maximum atomic E-state index is 11.6. The average Bonchev–Trinajstić information content (AvgIpc) is 2.45. The zero-order valence-electron chi connectivity index (χ0n) is 13.2. The van der Waals surface area contributed by atoms with Crippen LogP contribution in [0.15, 0.2) is 23.1 Å². The Morgan fingerprint density at radius 1 is 1.23 bits per heavy atom. The summed E-state index contributed by atoms with van der Waals surface area (Å²) in [5, 5.41) is 11.3. The minimum absolute atomic E-state index is 0.0198. The summed E-state index contributed by atoms with van der Waals surface area (Å²) >= 11 is 0. The Hall–Kier alpha value is -1.63. The molecule has 0 aliphatic heterocycles. The maximum absolute atomic E-state index is 11.6. The number of nitro groups is 1. The summed E-state index contributed by atoms with van der Waals surface area (Å²) in [6, 6.07) is 4.41. The van der Waals surface area contributed by atoms with Crippen molar-refractivity contribution in [3.8, 4) is 0 Å². The zero-order chi connectivity index (χ0) is 16.5. The van der Waals surface area contributed by atoms with Gasteiger partial charge >= 0.3 is 0 Å². The van der Waals surface area contributed by atoms with Crippen LogP contribution in [0.4, 0.5) is 11.4 Å². The van der Waals surface area contributed by atoms with Crippen LogP contribution in [-0.4, -0.2) is 32.7 Å². The highest BCUT2D eigenvalue weighted by atomic mass is 32.2. The Balaban J connectivity index is 2.36. The monoisotopic (exact) mass is 326 g/mol. The lowest BCUT2D eigenvalue weighted by Crippen LogP contribution is -2.35. The molecule has 22 heavy (non-hydrogen) atoms.